The topological polar surface area (TPSA) is 159 Å². The van der Waals surface area contributed by atoms with E-state index in [0.29, 0.717) is 24.2 Å². The maximum Gasteiger partial charge on any atom is 0.243 e. The zero-order chi connectivity index (χ0) is 29.2. The largest absolute Gasteiger partial charge is 0.508 e. The van der Waals surface area contributed by atoms with Gasteiger partial charge in [0.1, 0.15) is 23.8 Å². The van der Waals surface area contributed by atoms with Crippen molar-refractivity contribution in [1.82, 2.24) is 10.6 Å². The van der Waals surface area contributed by atoms with Crippen molar-refractivity contribution in [1.29, 1.82) is 0 Å². The number of phenols is 2. The van der Waals surface area contributed by atoms with Crippen LogP contribution in [0.4, 0.5) is 0 Å². The number of amides is 2. The van der Waals surface area contributed by atoms with Gasteiger partial charge in [0.05, 0.1) is 17.6 Å². The lowest BCUT2D eigenvalue weighted by atomic mass is 9.84. The fourth-order valence-corrected chi connectivity index (χ4v) is 5.13. The third-order valence-corrected chi connectivity index (χ3v) is 7.48. The molecule has 0 aromatic heterocycles. The van der Waals surface area contributed by atoms with Gasteiger partial charge in [-0.25, -0.2) is 0 Å². The molecule has 40 heavy (non-hydrogen) atoms. The Morgan fingerprint density at radius 2 is 1.57 bits per heavy atom. The Morgan fingerprint density at radius 3 is 2.20 bits per heavy atom. The summed E-state index contributed by atoms with van der Waals surface area (Å²) in [5.74, 6) is -1.10. The van der Waals surface area contributed by atoms with E-state index >= 15 is 0 Å². The molecule has 1 saturated carbocycles. The number of nitrogens with one attached hydrogen (secondary N) is 2. The number of hydrogen-bond donors (Lipinski definition) is 5. The molecule has 0 radical (unpaired) electrons. The Kier molecular flexibility index (Phi) is 11.3. The van der Waals surface area contributed by atoms with E-state index in [1.807, 2.05) is 0 Å². The van der Waals surface area contributed by atoms with Gasteiger partial charge in [0.15, 0.2) is 5.78 Å². The number of nitrogens with two attached hydrogens (primary N) is 1. The molecule has 216 valence electrons. The number of carbonyl (C=O) groups excluding carboxylic acids is 4. The van der Waals surface area contributed by atoms with Gasteiger partial charge in [0.2, 0.25) is 11.8 Å². The fourth-order valence-electron chi connectivity index (χ4n) is 5.13. The molecule has 2 amide bonds. The van der Waals surface area contributed by atoms with E-state index in [4.69, 9.17) is 5.73 Å². The average Bonchev–Trinajstić information content (AvgIpc) is 2.93. The molecule has 1 unspecified atom stereocenters. The first-order valence-corrected chi connectivity index (χ1v) is 14.0. The third kappa shape index (κ3) is 8.91. The summed E-state index contributed by atoms with van der Waals surface area (Å²) in [7, 11) is 0. The second-order valence-corrected chi connectivity index (χ2v) is 11.1. The number of hydrogen-bond acceptors (Lipinski definition) is 7. The summed E-state index contributed by atoms with van der Waals surface area (Å²) in [6.45, 7) is 3.55. The minimum absolute atomic E-state index is 0.0869. The van der Waals surface area contributed by atoms with Gasteiger partial charge in [-0.2, -0.15) is 0 Å². The summed E-state index contributed by atoms with van der Waals surface area (Å²) in [5.41, 5.74) is 7.81. The molecule has 0 aliphatic heterocycles. The van der Waals surface area contributed by atoms with Crippen LogP contribution < -0.4 is 16.4 Å². The van der Waals surface area contributed by atoms with Crippen molar-refractivity contribution >= 4 is 23.9 Å². The van der Waals surface area contributed by atoms with E-state index in [0.717, 1.165) is 31.2 Å². The highest BCUT2D eigenvalue weighted by Gasteiger charge is 2.28. The Hall–Kier alpha value is -3.72. The first-order chi connectivity index (χ1) is 19.1. The highest BCUT2D eigenvalue weighted by Crippen LogP contribution is 2.29. The second kappa shape index (κ2) is 14.6. The monoisotopic (exact) mass is 551 g/mol. The second-order valence-electron chi connectivity index (χ2n) is 11.1. The molecule has 3 rings (SSSR count). The number of carbonyl (C=O) groups is 4. The highest BCUT2D eigenvalue weighted by molar-refractivity contribution is 5.99. The number of benzene rings is 2. The molecule has 9 nitrogen and oxygen atoms in total. The molecule has 1 aliphatic rings. The fraction of sp³-hybridized carbons (Fsp3) is 0.484. The van der Waals surface area contributed by atoms with Gasteiger partial charge in [-0.1, -0.05) is 64.2 Å². The van der Waals surface area contributed by atoms with E-state index < -0.39 is 29.9 Å². The van der Waals surface area contributed by atoms with Crippen molar-refractivity contribution in [2.75, 3.05) is 0 Å². The smallest absolute Gasteiger partial charge is 0.243 e. The minimum Gasteiger partial charge on any atom is -0.508 e. The van der Waals surface area contributed by atoms with Crippen LogP contribution >= 0.6 is 0 Å². The first kappa shape index (κ1) is 30.8. The maximum absolute atomic E-state index is 13.0. The molecule has 0 bridgehead atoms. The van der Waals surface area contributed by atoms with Crippen LogP contribution in [0.25, 0.3) is 0 Å². The number of ketones is 1. The van der Waals surface area contributed by atoms with Crippen LogP contribution in [0.2, 0.25) is 0 Å². The van der Waals surface area contributed by atoms with Gasteiger partial charge in [-0.05, 0) is 60.1 Å². The van der Waals surface area contributed by atoms with E-state index in [9.17, 15) is 29.4 Å². The molecule has 2 aromatic carbocycles. The summed E-state index contributed by atoms with van der Waals surface area (Å²) in [4.78, 5) is 50.5. The van der Waals surface area contributed by atoms with Gasteiger partial charge < -0.3 is 31.4 Å². The van der Waals surface area contributed by atoms with Crippen molar-refractivity contribution in [3.8, 4) is 11.5 Å². The molecule has 2 aromatic rings. The summed E-state index contributed by atoms with van der Waals surface area (Å²) in [6.07, 6.45) is 6.85. The highest BCUT2D eigenvalue weighted by atomic mass is 16.3. The van der Waals surface area contributed by atoms with E-state index in [1.165, 1.54) is 24.6 Å². The van der Waals surface area contributed by atoms with Crippen molar-refractivity contribution in [2.45, 2.75) is 83.3 Å². The number of aldehydes is 1. The SMILES string of the molecule is CC(C)[C@H](NC(=O)[C@@H](N)Cc1ccc(O)c(C(=O)CC2CCCCC2)c1)C(=O)NC(C=O)Cc1ccc(O)cc1. The van der Waals surface area contributed by atoms with Crippen molar-refractivity contribution < 1.29 is 29.4 Å². The number of aromatic hydroxyl groups is 2. The van der Waals surface area contributed by atoms with Gasteiger partial charge in [0, 0.05) is 6.42 Å². The number of rotatable bonds is 13. The molecule has 0 saturated heterocycles. The molecule has 3 atom stereocenters. The molecule has 6 N–H and O–H groups in total. The van der Waals surface area contributed by atoms with E-state index in [-0.39, 0.29) is 41.6 Å². The summed E-state index contributed by atoms with van der Waals surface area (Å²) in [5, 5.41) is 25.1. The lowest BCUT2D eigenvalue weighted by Crippen LogP contribution is -2.56. The Balaban J connectivity index is 1.60. The predicted molar refractivity (Wildman–Crippen MR) is 152 cm³/mol. The van der Waals surface area contributed by atoms with Crippen LogP contribution in [0.5, 0.6) is 11.5 Å². The quantitative estimate of drug-likeness (QED) is 0.189. The van der Waals surface area contributed by atoms with Gasteiger partial charge in [0.25, 0.3) is 0 Å². The van der Waals surface area contributed by atoms with Crippen LogP contribution in [-0.4, -0.2) is 52.2 Å². The zero-order valence-electron chi connectivity index (χ0n) is 23.3. The summed E-state index contributed by atoms with van der Waals surface area (Å²) >= 11 is 0. The standard InChI is InChI=1S/C31H41N3O6/c1-19(2)29(31(40)33-23(18-35)14-21-8-11-24(36)12-9-21)34-30(39)26(32)16-22-10-13-27(37)25(15-22)28(38)17-20-6-4-3-5-7-20/h8-13,15,18-20,23,26,29,36-37H,3-7,14,16-17,32H2,1-2H3,(H,33,40)(H,34,39)/t23?,26-,29-/m0/s1. The lowest BCUT2D eigenvalue weighted by molar-refractivity contribution is -0.131. The normalized spacial score (nSPS) is 16.1. The summed E-state index contributed by atoms with van der Waals surface area (Å²) < 4.78 is 0. The average molecular weight is 552 g/mol. The lowest BCUT2D eigenvalue weighted by Gasteiger charge is -2.25. The van der Waals surface area contributed by atoms with Crippen molar-refractivity contribution in [2.24, 2.45) is 17.6 Å². The number of Topliss-reactive ketones (excluding diaryl/α,β-unsaturated/α-hetero) is 1. The van der Waals surface area contributed by atoms with E-state index in [2.05, 4.69) is 10.6 Å². The van der Waals surface area contributed by atoms with Crippen LogP contribution in [0.1, 0.15) is 73.9 Å². The Bertz CT molecular complexity index is 1170. The van der Waals surface area contributed by atoms with E-state index in [1.54, 1.807) is 38.1 Å². The molecule has 1 aliphatic carbocycles. The zero-order valence-corrected chi connectivity index (χ0v) is 23.3. The summed E-state index contributed by atoms with van der Waals surface area (Å²) in [6, 6.07) is 8.27. The van der Waals surface area contributed by atoms with Crippen LogP contribution in [0.15, 0.2) is 42.5 Å². The molecular weight excluding hydrogens is 510 g/mol. The number of phenolic OH excluding ortho intramolecular Hbond substituents is 2. The van der Waals surface area contributed by atoms with Gasteiger partial charge >= 0.3 is 0 Å². The predicted octanol–water partition coefficient (Wildman–Crippen LogP) is 3.19. The van der Waals surface area contributed by atoms with Crippen LogP contribution in [0.3, 0.4) is 0 Å². The Morgan fingerprint density at radius 1 is 0.925 bits per heavy atom. The molecular formula is C31H41N3O6. The molecule has 0 spiro atoms. The van der Waals surface area contributed by atoms with Crippen LogP contribution in [-0.2, 0) is 27.2 Å². The Labute approximate surface area is 235 Å². The first-order valence-electron chi connectivity index (χ1n) is 14.0. The van der Waals surface area contributed by atoms with Crippen molar-refractivity contribution in [3.05, 3.63) is 59.2 Å². The van der Waals surface area contributed by atoms with Gasteiger partial charge in [-0.15, -0.1) is 0 Å². The third-order valence-electron chi connectivity index (χ3n) is 7.48. The van der Waals surface area contributed by atoms with Gasteiger partial charge in [-0.3, -0.25) is 14.4 Å². The molecule has 1 fully saturated rings. The maximum atomic E-state index is 13.0. The molecule has 9 heteroatoms. The molecule has 0 heterocycles. The minimum atomic E-state index is -1.00. The van der Waals surface area contributed by atoms with Crippen molar-refractivity contribution in [3.63, 3.8) is 0 Å². The van der Waals surface area contributed by atoms with Crippen LogP contribution in [0, 0.1) is 11.8 Å².